The van der Waals surface area contributed by atoms with Crippen LogP contribution in [0.5, 0.6) is 5.75 Å². The van der Waals surface area contributed by atoms with E-state index in [9.17, 15) is 0 Å². The molecule has 0 unspecified atom stereocenters. The third-order valence-electron chi connectivity index (χ3n) is 3.64. The number of hydrogen-bond donors (Lipinski definition) is 2. The lowest BCUT2D eigenvalue weighted by Crippen LogP contribution is -1.98. The Bertz CT molecular complexity index is 802. The summed E-state index contributed by atoms with van der Waals surface area (Å²) < 4.78 is 5.23. The van der Waals surface area contributed by atoms with Gasteiger partial charge in [-0.25, -0.2) is 9.97 Å². The molecule has 0 aliphatic heterocycles. The van der Waals surface area contributed by atoms with Crippen molar-refractivity contribution in [3.63, 3.8) is 0 Å². The summed E-state index contributed by atoms with van der Waals surface area (Å²) >= 11 is 0. The number of nitrogens with zero attached hydrogens (tertiary/aromatic N) is 2. The van der Waals surface area contributed by atoms with E-state index in [1.165, 1.54) is 11.9 Å². The summed E-state index contributed by atoms with van der Waals surface area (Å²) in [5.41, 5.74) is 3.22. The second-order valence-electron chi connectivity index (χ2n) is 5.32. The predicted octanol–water partition coefficient (Wildman–Crippen LogP) is 4.53. The van der Waals surface area contributed by atoms with Gasteiger partial charge in [-0.2, -0.15) is 0 Å². The Morgan fingerprint density at radius 3 is 2.25 bits per heavy atom. The van der Waals surface area contributed by atoms with Crippen LogP contribution < -0.4 is 15.4 Å². The second kappa shape index (κ2) is 7.46. The third kappa shape index (κ3) is 4.01. The van der Waals surface area contributed by atoms with Crippen molar-refractivity contribution >= 4 is 23.0 Å². The highest BCUT2D eigenvalue weighted by molar-refractivity contribution is 5.63. The standard InChI is InChI=1S/C19H20N4O/c1-3-14-7-9-15(10-8-14)22-18-12-19(21-13-20-18)23-16-5-4-6-17(11-16)24-2/h4-13H,3H2,1-2H3,(H2,20,21,22,23). The maximum absolute atomic E-state index is 5.23. The fourth-order valence-electron chi connectivity index (χ4n) is 2.31. The van der Waals surface area contributed by atoms with Gasteiger partial charge in [0.2, 0.25) is 0 Å². The van der Waals surface area contributed by atoms with Gasteiger partial charge in [0.1, 0.15) is 23.7 Å². The lowest BCUT2D eigenvalue weighted by molar-refractivity contribution is 0.415. The topological polar surface area (TPSA) is 59.1 Å². The highest BCUT2D eigenvalue weighted by Crippen LogP contribution is 2.22. The zero-order valence-electron chi connectivity index (χ0n) is 13.8. The molecule has 5 nitrogen and oxygen atoms in total. The number of aromatic nitrogens is 2. The van der Waals surface area contributed by atoms with Gasteiger partial charge < -0.3 is 15.4 Å². The number of ether oxygens (including phenoxy) is 1. The van der Waals surface area contributed by atoms with Crippen molar-refractivity contribution in [2.75, 3.05) is 17.7 Å². The van der Waals surface area contributed by atoms with Gasteiger partial charge in [-0.1, -0.05) is 25.1 Å². The fraction of sp³-hybridized carbons (Fsp3) is 0.158. The predicted molar refractivity (Wildman–Crippen MR) is 97.4 cm³/mol. The first-order valence-electron chi connectivity index (χ1n) is 7.86. The van der Waals surface area contributed by atoms with Crippen LogP contribution >= 0.6 is 0 Å². The fourth-order valence-corrected chi connectivity index (χ4v) is 2.31. The average molecular weight is 320 g/mol. The van der Waals surface area contributed by atoms with Crippen LogP contribution in [0.4, 0.5) is 23.0 Å². The van der Waals surface area contributed by atoms with Crippen LogP contribution in [0.1, 0.15) is 12.5 Å². The number of methoxy groups -OCH3 is 1. The Morgan fingerprint density at radius 1 is 0.875 bits per heavy atom. The molecule has 5 heteroatoms. The number of nitrogens with one attached hydrogen (secondary N) is 2. The van der Waals surface area contributed by atoms with Crippen LogP contribution in [0.2, 0.25) is 0 Å². The van der Waals surface area contributed by atoms with E-state index in [1.807, 2.05) is 30.3 Å². The van der Waals surface area contributed by atoms with E-state index in [0.29, 0.717) is 5.82 Å². The summed E-state index contributed by atoms with van der Waals surface area (Å²) in [6.45, 7) is 2.14. The first-order chi connectivity index (χ1) is 11.8. The maximum Gasteiger partial charge on any atom is 0.135 e. The van der Waals surface area contributed by atoms with E-state index in [4.69, 9.17) is 4.74 Å². The minimum absolute atomic E-state index is 0.714. The zero-order chi connectivity index (χ0) is 16.8. The van der Waals surface area contributed by atoms with Gasteiger partial charge in [-0.15, -0.1) is 0 Å². The van der Waals surface area contributed by atoms with Crippen LogP contribution in [0.3, 0.4) is 0 Å². The van der Waals surface area contributed by atoms with E-state index in [-0.39, 0.29) is 0 Å². The van der Waals surface area contributed by atoms with Gasteiger partial charge in [0.25, 0.3) is 0 Å². The molecule has 0 fully saturated rings. The smallest absolute Gasteiger partial charge is 0.135 e. The van der Waals surface area contributed by atoms with Crippen molar-refractivity contribution in [1.29, 1.82) is 0 Å². The molecule has 0 amide bonds. The van der Waals surface area contributed by atoms with Crippen molar-refractivity contribution < 1.29 is 4.74 Å². The largest absolute Gasteiger partial charge is 0.497 e. The first kappa shape index (κ1) is 15.8. The first-order valence-corrected chi connectivity index (χ1v) is 7.86. The molecule has 24 heavy (non-hydrogen) atoms. The van der Waals surface area contributed by atoms with E-state index < -0.39 is 0 Å². The molecular formula is C19H20N4O. The Morgan fingerprint density at radius 2 is 1.58 bits per heavy atom. The van der Waals surface area contributed by atoms with E-state index in [1.54, 1.807) is 7.11 Å². The van der Waals surface area contributed by atoms with Crippen LogP contribution in [-0.2, 0) is 6.42 Å². The molecule has 2 N–H and O–H groups in total. The highest BCUT2D eigenvalue weighted by Gasteiger charge is 2.02. The van der Waals surface area contributed by atoms with E-state index in [0.717, 1.165) is 29.4 Å². The molecule has 0 aliphatic rings. The van der Waals surface area contributed by atoms with Gasteiger partial charge in [0.05, 0.1) is 7.11 Å². The summed E-state index contributed by atoms with van der Waals surface area (Å²) in [7, 11) is 1.65. The monoisotopic (exact) mass is 320 g/mol. The summed E-state index contributed by atoms with van der Waals surface area (Å²) in [4.78, 5) is 8.52. The van der Waals surface area contributed by atoms with Crippen molar-refractivity contribution in [2.45, 2.75) is 13.3 Å². The van der Waals surface area contributed by atoms with Crippen LogP contribution in [0.15, 0.2) is 60.9 Å². The Balaban J connectivity index is 1.73. The lowest BCUT2D eigenvalue weighted by atomic mass is 10.1. The lowest BCUT2D eigenvalue weighted by Gasteiger charge is -2.10. The number of benzene rings is 2. The molecule has 0 spiro atoms. The van der Waals surface area contributed by atoms with Crippen molar-refractivity contribution in [2.24, 2.45) is 0 Å². The van der Waals surface area contributed by atoms with E-state index >= 15 is 0 Å². The SMILES string of the molecule is CCc1ccc(Nc2cc(Nc3cccc(OC)c3)ncn2)cc1. The molecule has 0 saturated heterocycles. The molecule has 3 rings (SSSR count). The van der Waals surface area contributed by atoms with Crippen LogP contribution in [0.25, 0.3) is 0 Å². The molecule has 0 radical (unpaired) electrons. The quantitative estimate of drug-likeness (QED) is 0.698. The third-order valence-corrected chi connectivity index (χ3v) is 3.64. The minimum Gasteiger partial charge on any atom is -0.497 e. The Hall–Kier alpha value is -3.08. The molecule has 1 heterocycles. The van der Waals surface area contributed by atoms with Gasteiger partial charge >= 0.3 is 0 Å². The van der Waals surface area contributed by atoms with Crippen molar-refractivity contribution in [3.05, 3.63) is 66.5 Å². The normalized spacial score (nSPS) is 10.2. The molecule has 0 aliphatic carbocycles. The van der Waals surface area contributed by atoms with E-state index in [2.05, 4.69) is 51.8 Å². The molecule has 0 bridgehead atoms. The molecule has 3 aromatic rings. The zero-order valence-corrected chi connectivity index (χ0v) is 13.8. The second-order valence-corrected chi connectivity index (χ2v) is 5.32. The summed E-state index contributed by atoms with van der Waals surface area (Å²) in [5.74, 6) is 2.24. The number of anilines is 4. The Labute approximate surface area is 141 Å². The van der Waals surface area contributed by atoms with Crippen LogP contribution in [-0.4, -0.2) is 17.1 Å². The number of hydrogen-bond acceptors (Lipinski definition) is 5. The average Bonchev–Trinajstić information content (AvgIpc) is 2.63. The molecular weight excluding hydrogens is 300 g/mol. The van der Waals surface area contributed by atoms with Crippen LogP contribution in [0, 0.1) is 0 Å². The van der Waals surface area contributed by atoms with Gasteiger partial charge in [0.15, 0.2) is 0 Å². The molecule has 122 valence electrons. The highest BCUT2D eigenvalue weighted by atomic mass is 16.5. The maximum atomic E-state index is 5.23. The molecule has 2 aromatic carbocycles. The number of aryl methyl sites for hydroxylation is 1. The summed E-state index contributed by atoms with van der Waals surface area (Å²) in [6, 6.07) is 17.9. The van der Waals surface area contributed by atoms with Gasteiger partial charge in [-0.05, 0) is 36.2 Å². The Kier molecular flexibility index (Phi) is 4.91. The summed E-state index contributed by atoms with van der Waals surface area (Å²) in [6.07, 6.45) is 2.56. The minimum atomic E-state index is 0.714. The molecule has 1 aromatic heterocycles. The van der Waals surface area contributed by atoms with Crippen molar-refractivity contribution in [1.82, 2.24) is 9.97 Å². The molecule has 0 atom stereocenters. The molecule has 0 saturated carbocycles. The van der Waals surface area contributed by atoms with Crippen molar-refractivity contribution in [3.8, 4) is 5.75 Å². The summed E-state index contributed by atoms with van der Waals surface area (Å²) in [5, 5.41) is 6.54. The number of rotatable bonds is 6. The van der Waals surface area contributed by atoms with Gasteiger partial charge in [-0.3, -0.25) is 0 Å². The van der Waals surface area contributed by atoms with Gasteiger partial charge in [0, 0.05) is 23.5 Å².